The first kappa shape index (κ1) is 34.5. The Morgan fingerprint density at radius 3 is 1.27 bits per heavy atom. The zero-order chi connectivity index (χ0) is 35.8. The number of hydrogen-bond acceptors (Lipinski definition) is 9. The summed E-state index contributed by atoms with van der Waals surface area (Å²) in [5.74, 6) is 2.77. The summed E-state index contributed by atoms with van der Waals surface area (Å²) in [6.07, 6.45) is 0. The van der Waals surface area contributed by atoms with Crippen LogP contribution in [-0.2, 0) is 0 Å². The Kier molecular flexibility index (Phi) is 10.5. The Labute approximate surface area is 299 Å². The van der Waals surface area contributed by atoms with Gasteiger partial charge in [0, 0.05) is 58.4 Å². The first-order valence-corrected chi connectivity index (χ1v) is 16.6. The Morgan fingerprint density at radius 2 is 0.863 bits per heavy atom. The maximum Gasteiger partial charge on any atom is 0.137 e. The Balaban J connectivity index is 1.19. The van der Waals surface area contributed by atoms with E-state index in [2.05, 4.69) is 60.7 Å². The lowest BCUT2D eigenvalue weighted by atomic mass is 10.2. The average molecular weight is 683 g/mol. The smallest absolute Gasteiger partial charge is 0.137 e. The zero-order valence-electron chi connectivity index (χ0n) is 28.8. The van der Waals surface area contributed by atoms with Crippen molar-refractivity contribution in [2.75, 3.05) is 66.5 Å². The minimum atomic E-state index is -0.195. The molecular weight excluding hydrogens is 638 g/mol. The van der Waals surface area contributed by atoms with Crippen LogP contribution < -0.4 is 46.3 Å². The van der Waals surface area contributed by atoms with Crippen LogP contribution in [0.5, 0.6) is 23.0 Å². The van der Waals surface area contributed by atoms with E-state index in [1.807, 2.05) is 102 Å². The number of rotatable bonds is 14. The predicted octanol–water partition coefficient (Wildman–Crippen LogP) is 8.21. The van der Waals surface area contributed by atoms with Gasteiger partial charge in [0.05, 0.1) is 27.4 Å². The summed E-state index contributed by atoms with van der Waals surface area (Å²) in [5.41, 5.74) is 24.7. The van der Waals surface area contributed by atoms with Gasteiger partial charge >= 0.3 is 0 Å². The molecule has 0 amide bonds. The summed E-state index contributed by atoms with van der Waals surface area (Å²) in [7, 11) is 4.30. The number of hydrogen-bond donors (Lipinski definition) is 5. The molecule has 6 aromatic carbocycles. The summed E-state index contributed by atoms with van der Waals surface area (Å²) >= 11 is 0. The molecule has 0 radical (unpaired) electrons. The van der Waals surface area contributed by atoms with Crippen molar-refractivity contribution < 1.29 is 14.6 Å². The highest BCUT2D eigenvalue weighted by Crippen LogP contribution is 2.32. The van der Waals surface area contributed by atoms with Crippen LogP contribution in [0, 0.1) is 0 Å². The van der Waals surface area contributed by atoms with Crippen LogP contribution in [0.2, 0.25) is 0 Å². The zero-order valence-corrected chi connectivity index (χ0v) is 28.8. The SMILES string of the molecule is C[N+](C)(c1ccc(N)cc1)c1ccc(NCN(CN(CO)c2ccc(Oc3ccc(N)cc3)cc2)c2ccc(Oc3ccc(N)cc3)cc2)cc1. The lowest BCUT2D eigenvalue weighted by molar-refractivity contribution is 0.290. The number of anilines is 6. The van der Waals surface area contributed by atoms with Gasteiger partial charge in [-0.25, -0.2) is 0 Å². The quantitative estimate of drug-likeness (QED) is 0.0438. The average Bonchev–Trinajstić information content (AvgIpc) is 3.15. The molecule has 0 aromatic heterocycles. The van der Waals surface area contributed by atoms with Gasteiger partial charge in [-0.05, 0) is 121 Å². The molecule has 0 spiro atoms. The van der Waals surface area contributed by atoms with Crippen LogP contribution in [0.4, 0.5) is 45.5 Å². The monoisotopic (exact) mass is 682 g/mol. The number of aliphatic hydroxyl groups excluding tert-OH is 1. The molecule has 51 heavy (non-hydrogen) atoms. The summed E-state index contributed by atoms with van der Waals surface area (Å²) in [6.45, 7) is 0.654. The molecule has 0 heterocycles. The molecule has 0 aliphatic rings. The maximum absolute atomic E-state index is 10.5. The Bertz CT molecular complexity index is 1980. The predicted molar refractivity (Wildman–Crippen MR) is 211 cm³/mol. The van der Waals surface area contributed by atoms with Crippen molar-refractivity contribution in [2.24, 2.45) is 0 Å². The van der Waals surface area contributed by atoms with Crippen molar-refractivity contribution in [3.8, 4) is 23.0 Å². The van der Waals surface area contributed by atoms with E-state index in [0.717, 1.165) is 34.1 Å². The molecule has 260 valence electrons. The minimum Gasteiger partial charge on any atom is -0.457 e. The molecule has 6 aromatic rings. The van der Waals surface area contributed by atoms with Crippen LogP contribution in [-0.4, -0.2) is 39.3 Å². The van der Waals surface area contributed by atoms with E-state index in [-0.39, 0.29) is 6.73 Å². The topological polar surface area (TPSA) is 135 Å². The first-order valence-electron chi connectivity index (χ1n) is 16.6. The van der Waals surface area contributed by atoms with Gasteiger partial charge in [-0.3, -0.25) is 4.48 Å². The van der Waals surface area contributed by atoms with E-state index >= 15 is 0 Å². The fraction of sp³-hybridized carbons (Fsp3) is 0.122. The minimum absolute atomic E-state index is 0.195. The number of nitrogens with zero attached hydrogens (tertiary/aromatic N) is 3. The van der Waals surface area contributed by atoms with Gasteiger partial charge in [-0.1, -0.05) is 0 Å². The molecule has 0 aliphatic heterocycles. The molecule has 0 unspecified atom stereocenters. The highest BCUT2D eigenvalue weighted by molar-refractivity contribution is 5.63. The second-order valence-corrected chi connectivity index (χ2v) is 12.6. The third-order valence-corrected chi connectivity index (χ3v) is 8.67. The summed E-state index contributed by atoms with van der Waals surface area (Å²) in [6, 6.07) is 46.4. The van der Waals surface area contributed by atoms with Gasteiger partial charge in [0.25, 0.3) is 0 Å². The molecule has 0 atom stereocenters. The number of ether oxygens (including phenoxy) is 2. The van der Waals surface area contributed by atoms with Gasteiger partial charge in [0.15, 0.2) is 0 Å². The summed E-state index contributed by atoms with van der Waals surface area (Å²) < 4.78 is 12.6. The number of aliphatic hydroxyl groups is 1. The van der Waals surface area contributed by atoms with E-state index in [1.165, 1.54) is 0 Å². The lowest BCUT2D eigenvalue weighted by Gasteiger charge is -2.33. The molecule has 8 N–H and O–H groups in total. The van der Waals surface area contributed by atoms with Crippen molar-refractivity contribution in [1.82, 2.24) is 4.48 Å². The Morgan fingerprint density at radius 1 is 0.510 bits per heavy atom. The molecule has 6 rings (SSSR count). The van der Waals surface area contributed by atoms with Crippen LogP contribution in [0.1, 0.15) is 0 Å². The van der Waals surface area contributed by atoms with Crippen LogP contribution in [0.15, 0.2) is 146 Å². The number of benzene rings is 6. The first-order chi connectivity index (χ1) is 24.7. The van der Waals surface area contributed by atoms with Crippen molar-refractivity contribution >= 4 is 45.5 Å². The fourth-order valence-corrected chi connectivity index (χ4v) is 5.57. The van der Waals surface area contributed by atoms with Crippen molar-refractivity contribution in [3.63, 3.8) is 0 Å². The molecule has 0 fully saturated rings. The third-order valence-electron chi connectivity index (χ3n) is 8.67. The van der Waals surface area contributed by atoms with E-state index in [4.69, 9.17) is 26.7 Å². The highest BCUT2D eigenvalue weighted by Gasteiger charge is 2.22. The number of nitrogens with two attached hydrogens (primary N) is 3. The largest absolute Gasteiger partial charge is 0.457 e. The van der Waals surface area contributed by atoms with Gasteiger partial charge in [0.2, 0.25) is 0 Å². The van der Waals surface area contributed by atoms with E-state index in [1.54, 1.807) is 12.1 Å². The molecule has 10 nitrogen and oxygen atoms in total. The third kappa shape index (κ3) is 8.82. The van der Waals surface area contributed by atoms with E-state index in [0.29, 0.717) is 52.2 Å². The van der Waals surface area contributed by atoms with Gasteiger partial charge in [-0.2, -0.15) is 0 Å². The Hall–Kier alpha value is -6.36. The van der Waals surface area contributed by atoms with Gasteiger partial charge in [-0.15, -0.1) is 0 Å². The number of nitrogen functional groups attached to an aromatic ring is 3. The fourth-order valence-electron chi connectivity index (χ4n) is 5.57. The normalized spacial score (nSPS) is 11.1. The second kappa shape index (κ2) is 15.5. The molecule has 0 saturated heterocycles. The van der Waals surface area contributed by atoms with E-state index in [9.17, 15) is 5.11 Å². The van der Waals surface area contributed by atoms with Gasteiger partial charge in [0.1, 0.15) is 41.1 Å². The van der Waals surface area contributed by atoms with Gasteiger partial charge < -0.3 is 46.9 Å². The van der Waals surface area contributed by atoms with Crippen LogP contribution in [0.3, 0.4) is 0 Å². The number of nitrogens with one attached hydrogen (secondary N) is 1. The molecule has 0 aliphatic carbocycles. The highest BCUT2D eigenvalue weighted by atomic mass is 16.5. The molecule has 0 saturated carbocycles. The van der Waals surface area contributed by atoms with Crippen molar-refractivity contribution in [1.29, 1.82) is 0 Å². The van der Waals surface area contributed by atoms with E-state index < -0.39 is 0 Å². The standard InChI is InChI=1S/C41H44N7O3/c1-48(2,36-15-3-30(42)4-16-36)37-17-9-33(10-18-37)45-27-46(34-11-23-40(24-12-34)50-38-19-5-31(43)6-20-38)28-47(29-49)35-13-25-41(26-14-35)51-39-21-7-32(44)8-22-39/h3-26,45,49H,27-29,42-44H2,1-2H3/q+1. The second-order valence-electron chi connectivity index (χ2n) is 12.6. The molecule has 0 bridgehead atoms. The number of quaternary nitrogens is 1. The molecular formula is C41H44N7O3+. The van der Waals surface area contributed by atoms with Crippen molar-refractivity contribution in [2.45, 2.75) is 0 Å². The van der Waals surface area contributed by atoms with Crippen molar-refractivity contribution in [3.05, 3.63) is 146 Å². The van der Waals surface area contributed by atoms with Crippen LogP contribution >= 0.6 is 0 Å². The molecule has 10 heteroatoms. The summed E-state index contributed by atoms with van der Waals surface area (Å²) in [4.78, 5) is 4.02. The summed E-state index contributed by atoms with van der Waals surface area (Å²) in [5, 5.41) is 14.1. The maximum atomic E-state index is 10.5. The van der Waals surface area contributed by atoms with Crippen LogP contribution in [0.25, 0.3) is 0 Å². The lowest BCUT2D eigenvalue weighted by Crippen LogP contribution is -2.41.